The van der Waals surface area contributed by atoms with Gasteiger partial charge in [0, 0.05) is 58.3 Å². The van der Waals surface area contributed by atoms with Crippen LogP contribution in [0.25, 0.3) is 0 Å². The lowest BCUT2D eigenvalue weighted by Crippen LogP contribution is -2.52. The standard InChI is InChI=1S/C21H34N4O4.HI/c1-22-21(23-10-6-5-7-20(26)29-4)25-13-11-24(12-14-25)16-17-15-18(27-2)8-9-19(17)28-3;/h8-9,15H,5-7,10-14,16H2,1-4H3,(H,22,23);1H. The van der Waals surface area contributed by atoms with Crippen LogP contribution in [0.5, 0.6) is 11.5 Å². The summed E-state index contributed by atoms with van der Waals surface area (Å²) >= 11 is 0. The fourth-order valence-electron chi connectivity index (χ4n) is 3.39. The number of aliphatic imine (C=N–C) groups is 1. The summed E-state index contributed by atoms with van der Waals surface area (Å²) in [5.41, 5.74) is 1.13. The Bertz CT molecular complexity index is 679. The zero-order chi connectivity index (χ0) is 21.1. The molecule has 1 aromatic carbocycles. The van der Waals surface area contributed by atoms with Crippen LogP contribution in [0.15, 0.2) is 23.2 Å². The number of carbonyl (C=O) groups excluding carboxylic acids is 1. The lowest BCUT2D eigenvalue weighted by atomic mass is 10.1. The number of benzene rings is 1. The quantitative estimate of drug-likeness (QED) is 0.172. The fourth-order valence-corrected chi connectivity index (χ4v) is 3.39. The number of carbonyl (C=O) groups is 1. The molecule has 1 N–H and O–H groups in total. The number of ether oxygens (including phenoxy) is 3. The van der Waals surface area contributed by atoms with Crippen molar-refractivity contribution in [3.8, 4) is 11.5 Å². The molecule has 1 heterocycles. The van der Waals surface area contributed by atoms with Crippen LogP contribution in [0.4, 0.5) is 0 Å². The van der Waals surface area contributed by atoms with E-state index in [4.69, 9.17) is 9.47 Å². The van der Waals surface area contributed by atoms with Crippen LogP contribution in [0.3, 0.4) is 0 Å². The highest BCUT2D eigenvalue weighted by atomic mass is 127. The van der Waals surface area contributed by atoms with Gasteiger partial charge in [-0.1, -0.05) is 0 Å². The highest BCUT2D eigenvalue weighted by Gasteiger charge is 2.20. The third kappa shape index (κ3) is 8.17. The van der Waals surface area contributed by atoms with Crippen molar-refractivity contribution in [3.63, 3.8) is 0 Å². The Hall–Kier alpha value is -1.75. The van der Waals surface area contributed by atoms with Crippen LogP contribution in [-0.4, -0.2) is 82.8 Å². The molecule has 9 heteroatoms. The molecule has 0 bridgehead atoms. The normalized spacial score (nSPS) is 14.7. The number of hydrogen-bond donors (Lipinski definition) is 1. The van der Waals surface area contributed by atoms with Gasteiger partial charge in [0.25, 0.3) is 0 Å². The van der Waals surface area contributed by atoms with Gasteiger partial charge >= 0.3 is 5.97 Å². The predicted molar refractivity (Wildman–Crippen MR) is 129 cm³/mol. The summed E-state index contributed by atoms with van der Waals surface area (Å²) in [6.07, 6.45) is 2.18. The second-order valence-electron chi connectivity index (χ2n) is 6.95. The molecule has 0 aromatic heterocycles. The van der Waals surface area contributed by atoms with E-state index in [2.05, 4.69) is 24.8 Å². The van der Waals surface area contributed by atoms with Crippen molar-refractivity contribution >= 4 is 35.9 Å². The molecule has 1 fully saturated rings. The number of hydrogen-bond acceptors (Lipinski definition) is 6. The van der Waals surface area contributed by atoms with E-state index < -0.39 is 0 Å². The molecule has 0 aliphatic carbocycles. The van der Waals surface area contributed by atoms with E-state index in [0.717, 1.165) is 75.1 Å². The molecule has 0 radical (unpaired) electrons. The first kappa shape index (κ1) is 26.3. The number of esters is 1. The zero-order valence-corrected chi connectivity index (χ0v) is 20.8. The minimum absolute atomic E-state index is 0. The SMILES string of the molecule is CN=C(NCCCCC(=O)OC)N1CCN(Cc2cc(OC)ccc2OC)CC1.I. The van der Waals surface area contributed by atoms with Gasteiger partial charge < -0.3 is 24.4 Å². The highest BCUT2D eigenvalue weighted by Crippen LogP contribution is 2.25. The average molecular weight is 534 g/mol. The van der Waals surface area contributed by atoms with Crippen LogP contribution in [0, 0.1) is 0 Å². The first-order valence-electron chi connectivity index (χ1n) is 10.1. The fraction of sp³-hybridized carbons (Fsp3) is 0.619. The molecule has 0 spiro atoms. The summed E-state index contributed by atoms with van der Waals surface area (Å²) < 4.78 is 15.5. The van der Waals surface area contributed by atoms with Crippen LogP contribution in [-0.2, 0) is 16.1 Å². The molecule has 1 aliphatic heterocycles. The molecule has 30 heavy (non-hydrogen) atoms. The third-order valence-corrected chi connectivity index (χ3v) is 5.08. The summed E-state index contributed by atoms with van der Waals surface area (Å²) in [4.78, 5) is 20.3. The van der Waals surface area contributed by atoms with Crippen molar-refractivity contribution in [2.45, 2.75) is 25.8 Å². The molecule has 2 rings (SSSR count). The Labute approximate surface area is 197 Å². The number of unbranched alkanes of at least 4 members (excludes halogenated alkanes) is 1. The number of halogens is 1. The monoisotopic (exact) mass is 534 g/mol. The van der Waals surface area contributed by atoms with Crippen molar-refractivity contribution in [2.24, 2.45) is 4.99 Å². The van der Waals surface area contributed by atoms with E-state index in [-0.39, 0.29) is 29.9 Å². The lowest BCUT2D eigenvalue weighted by molar-refractivity contribution is -0.140. The van der Waals surface area contributed by atoms with Gasteiger partial charge in [0.1, 0.15) is 11.5 Å². The van der Waals surface area contributed by atoms with E-state index >= 15 is 0 Å². The van der Waals surface area contributed by atoms with Gasteiger partial charge in [0.2, 0.25) is 0 Å². The van der Waals surface area contributed by atoms with Gasteiger partial charge in [0.05, 0.1) is 21.3 Å². The maximum Gasteiger partial charge on any atom is 0.305 e. The van der Waals surface area contributed by atoms with Gasteiger partial charge in [-0.2, -0.15) is 0 Å². The van der Waals surface area contributed by atoms with Crippen molar-refractivity contribution < 1.29 is 19.0 Å². The number of nitrogens with zero attached hydrogens (tertiary/aromatic N) is 3. The maximum absolute atomic E-state index is 11.2. The Morgan fingerprint density at radius 1 is 1.10 bits per heavy atom. The molecule has 1 aromatic rings. The minimum Gasteiger partial charge on any atom is -0.497 e. The molecule has 0 amide bonds. The lowest BCUT2D eigenvalue weighted by Gasteiger charge is -2.36. The van der Waals surface area contributed by atoms with Crippen LogP contribution in [0.2, 0.25) is 0 Å². The van der Waals surface area contributed by atoms with Gasteiger partial charge in [0.15, 0.2) is 5.96 Å². The largest absolute Gasteiger partial charge is 0.497 e. The second kappa shape index (κ2) is 14.3. The Kier molecular flexibility index (Phi) is 12.5. The Morgan fingerprint density at radius 2 is 1.83 bits per heavy atom. The molecule has 0 unspecified atom stereocenters. The molecule has 1 aliphatic rings. The van der Waals surface area contributed by atoms with Crippen LogP contribution < -0.4 is 14.8 Å². The van der Waals surface area contributed by atoms with Gasteiger partial charge in [-0.05, 0) is 31.0 Å². The number of rotatable bonds is 9. The van der Waals surface area contributed by atoms with Crippen LogP contribution in [0.1, 0.15) is 24.8 Å². The molecule has 1 saturated heterocycles. The predicted octanol–water partition coefficient (Wildman–Crippen LogP) is 2.36. The average Bonchev–Trinajstić information content (AvgIpc) is 2.76. The van der Waals surface area contributed by atoms with E-state index in [9.17, 15) is 4.79 Å². The molecule has 8 nitrogen and oxygen atoms in total. The third-order valence-electron chi connectivity index (χ3n) is 5.08. The zero-order valence-electron chi connectivity index (χ0n) is 18.5. The van der Waals surface area contributed by atoms with Crippen molar-refractivity contribution in [1.29, 1.82) is 0 Å². The highest BCUT2D eigenvalue weighted by molar-refractivity contribution is 14.0. The number of methoxy groups -OCH3 is 3. The summed E-state index contributed by atoms with van der Waals surface area (Å²) in [5, 5.41) is 3.40. The van der Waals surface area contributed by atoms with E-state index in [1.807, 2.05) is 25.2 Å². The topological polar surface area (TPSA) is 75.6 Å². The van der Waals surface area contributed by atoms with E-state index in [1.54, 1.807) is 14.2 Å². The molecular formula is C21H35IN4O4. The second-order valence-corrected chi connectivity index (χ2v) is 6.95. The van der Waals surface area contributed by atoms with E-state index in [0.29, 0.717) is 6.42 Å². The van der Waals surface area contributed by atoms with Gasteiger partial charge in [-0.3, -0.25) is 14.7 Å². The minimum atomic E-state index is -0.154. The summed E-state index contributed by atoms with van der Waals surface area (Å²) in [7, 11) is 6.61. The number of nitrogens with one attached hydrogen (secondary N) is 1. The number of guanidine groups is 1. The summed E-state index contributed by atoms with van der Waals surface area (Å²) in [6.45, 7) is 5.34. The smallest absolute Gasteiger partial charge is 0.305 e. The van der Waals surface area contributed by atoms with Crippen molar-refractivity contribution in [3.05, 3.63) is 23.8 Å². The van der Waals surface area contributed by atoms with Gasteiger partial charge in [-0.15, -0.1) is 24.0 Å². The summed E-state index contributed by atoms with van der Waals surface area (Å²) in [5.74, 6) is 2.49. The first-order valence-corrected chi connectivity index (χ1v) is 10.1. The Morgan fingerprint density at radius 3 is 2.43 bits per heavy atom. The number of piperazine rings is 1. The molecular weight excluding hydrogens is 499 g/mol. The summed E-state index contributed by atoms with van der Waals surface area (Å²) in [6, 6.07) is 5.91. The van der Waals surface area contributed by atoms with Crippen LogP contribution >= 0.6 is 24.0 Å². The van der Waals surface area contributed by atoms with E-state index in [1.165, 1.54) is 7.11 Å². The molecule has 0 atom stereocenters. The van der Waals surface area contributed by atoms with Gasteiger partial charge in [-0.25, -0.2) is 0 Å². The molecule has 170 valence electrons. The van der Waals surface area contributed by atoms with Crippen molar-refractivity contribution in [2.75, 3.05) is 61.1 Å². The molecule has 0 saturated carbocycles. The first-order chi connectivity index (χ1) is 14.1. The van der Waals surface area contributed by atoms with Crippen molar-refractivity contribution in [1.82, 2.24) is 15.1 Å². The Balaban J connectivity index is 0.00000450. The maximum atomic E-state index is 11.2.